The van der Waals surface area contributed by atoms with Crippen LogP contribution in [0.2, 0.25) is 0 Å². The highest BCUT2D eigenvalue weighted by atomic mass is 32.2. The van der Waals surface area contributed by atoms with E-state index in [4.69, 9.17) is 14.3 Å². The summed E-state index contributed by atoms with van der Waals surface area (Å²) in [6, 6.07) is 7.58. The molecule has 12 nitrogen and oxygen atoms in total. The van der Waals surface area contributed by atoms with Gasteiger partial charge >= 0.3 is 0 Å². The van der Waals surface area contributed by atoms with Crippen LogP contribution in [-0.4, -0.2) is 66.4 Å². The summed E-state index contributed by atoms with van der Waals surface area (Å²) in [5.74, 6) is -0.213. The van der Waals surface area contributed by atoms with E-state index in [0.29, 0.717) is 24.3 Å². The van der Waals surface area contributed by atoms with Crippen LogP contribution < -0.4 is 10.1 Å². The Labute approximate surface area is 202 Å². The Kier molecular flexibility index (Phi) is 8.86. The van der Waals surface area contributed by atoms with Crippen molar-refractivity contribution in [1.29, 1.82) is 0 Å². The number of amides is 1. The average molecular weight is 503 g/mol. The molecule has 0 bridgehead atoms. The second-order valence-corrected chi connectivity index (χ2v) is 9.39. The summed E-state index contributed by atoms with van der Waals surface area (Å²) < 4.78 is 36.5. The van der Waals surface area contributed by atoms with Crippen LogP contribution in [0.15, 0.2) is 59.0 Å². The number of nitrogens with zero attached hydrogens (tertiary/aromatic N) is 5. The van der Waals surface area contributed by atoms with E-state index in [9.17, 15) is 13.2 Å². The first-order valence-electron chi connectivity index (χ1n) is 10.5. The maximum atomic E-state index is 13.0. The van der Waals surface area contributed by atoms with E-state index in [1.807, 2.05) is 0 Å². The third-order valence-electron chi connectivity index (χ3n) is 4.68. The van der Waals surface area contributed by atoms with Gasteiger partial charge in [-0.05, 0) is 24.6 Å². The highest BCUT2D eigenvalue weighted by molar-refractivity contribution is 7.91. The van der Waals surface area contributed by atoms with Gasteiger partial charge in [0.15, 0.2) is 28.0 Å². The van der Waals surface area contributed by atoms with Crippen LogP contribution in [-0.2, 0) is 37.9 Å². The Bertz CT molecular complexity index is 1260. The Morgan fingerprint density at radius 1 is 1.11 bits per heavy atom. The number of anilines is 1. The van der Waals surface area contributed by atoms with Crippen LogP contribution in [0.3, 0.4) is 0 Å². The third kappa shape index (κ3) is 7.32. The molecule has 2 aromatic heterocycles. The molecule has 0 saturated heterocycles. The van der Waals surface area contributed by atoms with Crippen molar-refractivity contribution < 1.29 is 27.5 Å². The number of benzene rings is 1. The molecule has 0 aliphatic carbocycles. The quantitative estimate of drug-likeness (QED) is 0.221. The maximum Gasteiger partial charge on any atom is 0.279 e. The third-order valence-corrected chi connectivity index (χ3v) is 6.50. The molecule has 3 rings (SSSR count). The Balaban J connectivity index is 1.82. The zero-order valence-corrected chi connectivity index (χ0v) is 20.4. The molecule has 1 aromatic carbocycles. The molecule has 2 heterocycles. The van der Waals surface area contributed by atoms with Crippen molar-refractivity contribution in [3.8, 4) is 5.88 Å². The van der Waals surface area contributed by atoms with Gasteiger partial charge in [0.1, 0.15) is 5.69 Å². The second-order valence-electron chi connectivity index (χ2n) is 7.28. The van der Waals surface area contributed by atoms with Crippen molar-refractivity contribution >= 4 is 27.3 Å². The number of aromatic nitrogens is 4. The van der Waals surface area contributed by atoms with Gasteiger partial charge in [-0.3, -0.25) is 9.48 Å². The lowest BCUT2D eigenvalue weighted by Crippen LogP contribution is -2.25. The van der Waals surface area contributed by atoms with Gasteiger partial charge < -0.3 is 19.6 Å². The van der Waals surface area contributed by atoms with Crippen molar-refractivity contribution in [2.45, 2.75) is 17.9 Å². The molecule has 1 amide bonds. The van der Waals surface area contributed by atoms with Gasteiger partial charge in [0.05, 0.1) is 30.2 Å². The molecule has 35 heavy (non-hydrogen) atoms. The van der Waals surface area contributed by atoms with Crippen molar-refractivity contribution in [2.75, 3.05) is 31.9 Å². The van der Waals surface area contributed by atoms with E-state index in [2.05, 4.69) is 25.5 Å². The molecule has 0 fully saturated rings. The summed E-state index contributed by atoms with van der Waals surface area (Å²) in [4.78, 5) is 26.6. The van der Waals surface area contributed by atoms with Gasteiger partial charge in [-0.1, -0.05) is 17.3 Å². The fourth-order valence-corrected chi connectivity index (χ4v) is 4.21. The largest absolute Gasteiger partial charge is 0.480 e. The zero-order chi connectivity index (χ0) is 25.3. The normalized spacial score (nSPS) is 11.8. The smallest absolute Gasteiger partial charge is 0.279 e. The highest BCUT2D eigenvalue weighted by Crippen LogP contribution is 2.16. The lowest BCUT2D eigenvalue weighted by molar-refractivity contribution is -0.110. The molecule has 0 unspecified atom stereocenters. The van der Waals surface area contributed by atoms with Crippen LogP contribution in [0, 0.1) is 0 Å². The van der Waals surface area contributed by atoms with Gasteiger partial charge in [-0.2, -0.15) is 5.10 Å². The van der Waals surface area contributed by atoms with Gasteiger partial charge in [0, 0.05) is 32.5 Å². The van der Waals surface area contributed by atoms with Crippen LogP contribution in [0.1, 0.15) is 17.7 Å². The van der Waals surface area contributed by atoms with Gasteiger partial charge in [-0.25, -0.2) is 18.4 Å². The van der Waals surface area contributed by atoms with Crippen molar-refractivity contribution in [3.63, 3.8) is 0 Å². The summed E-state index contributed by atoms with van der Waals surface area (Å²) in [6.45, 7) is 0.377. The van der Waals surface area contributed by atoms with Crippen molar-refractivity contribution in [1.82, 2.24) is 19.7 Å². The monoisotopic (exact) mass is 502 g/mol. The van der Waals surface area contributed by atoms with E-state index in [1.165, 1.54) is 50.9 Å². The van der Waals surface area contributed by atoms with Crippen LogP contribution >= 0.6 is 0 Å². The van der Waals surface area contributed by atoms with Crippen molar-refractivity contribution in [3.05, 3.63) is 60.2 Å². The van der Waals surface area contributed by atoms with Crippen LogP contribution in [0.4, 0.5) is 5.82 Å². The molecule has 3 aromatic rings. The fourth-order valence-electron chi connectivity index (χ4n) is 2.92. The minimum Gasteiger partial charge on any atom is -0.480 e. The van der Waals surface area contributed by atoms with E-state index < -0.39 is 15.7 Å². The second kappa shape index (κ2) is 12.0. The summed E-state index contributed by atoms with van der Waals surface area (Å²) in [6.07, 6.45) is 4.82. The predicted octanol–water partition coefficient (Wildman–Crippen LogP) is 1.59. The first kappa shape index (κ1) is 25.8. The first-order chi connectivity index (χ1) is 16.8. The Hall–Kier alpha value is -3.84. The topological polar surface area (TPSA) is 147 Å². The number of methoxy groups -OCH3 is 2. The van der Waals surface area contributed by atoms with Gasteiger partial charge in [-0.15, -0.1) is 0 Å². The summed E-state index contributed by atoms with van der Waals surface area (Å²) in [5, 5.41) is 10.8. The van der Waals surface area contributed by atoms with E-state index in [1.54, 1.807) is 24.0 Å². The lowest BCUT2D eigenvalue weighted by atomic mass is 10.1. The van der Waals surface area contributed by atoms with E-state index in [0.717, 1.165) is 0 Å². The number of ether oxygens (including phenoxy) is 2. The van der Waals surface area contributed by atoms with Crippen LogP contribution in [0.25, 0.3) is 0 Å². The number of hydrogen-bond donors (Lipinski definition) is 1. The number of sulfone groups is 1. The number of hydrogen-bond acceptors (Lipinski definition) is 10. The van der Waals surface area contributed by atoms with E-state index >= 15 is 0 Å². The van der Waals surface area contributed by atoms with Crippen LogP contribution in [0.5, 0.6) is 5.88 Å². The number of carbonyl (C=O) groups excluding carboxylic acids is 1. The highest BCUT2D eigenvalue weighted by Gasteiger charge is 2.19. The van der Waals surface area contributed by atoms with E-state index in [-0.39, 0.29) is 34.7 Å². The minimum atomic E-state index is -3.49. The maximum absolute atomic E-state index is 13.0. The molecule has 186 valence electrons. The van der Waals surface area contributed by atoms with Gasteiger partial charge in [0.25, 0.3) is 5.91 Å². The SMILES string of the molecule is COCCCS(=O)(=O)c1ccc(/C(=N\OCc2ccn(C)n2)C(=O)Nc2cnc(OC)cn2)cc1. The number of aryl methyl sites for hydroxylation is 1. The summed E-state index contributed by atoms with van der Waals surface area (Å²) >= 11 is 0. The Morgan fingerprint density at radius 3 is 2.49 bits per heavy atom. The number of nitrogens with one attached hydrogen (secondary N) is 1. The molecular weight excluding hydrogens is 476 g/mol. The molecule has 0 spiro atoms. The molecule has 0 radical (unpaired) electrons. The molecule has 0 aliphatic heterocycles. The molecule has 0 saturated carbocycles. The minimum absolute atomic E-state index is 0.0337. The molecule has 1 N–H and O–H groups in total. The first-order valence-corrected chi connectivity index (χ1v) is 12.2. The lowest BCUT2D eigenvalue weighted by Gasteiger charge is -2.09. The average Bonchev–Trinajstić information content (AvgIpc) is 3.27. The Morgan fingerprint density at radius 2 is 1.89 bits per heavy atom. The van der Waals surface area contributed by atoms with Crippen molar-refractivity contribution in [2.24, 2.45) is 12.2 Å². The number of oxime groups is 1. The summed E-state index contributed by atoms with van der Waals surface area (Å²) in [7, 11) is 1.24. The predicted molar refractivity (Wildman–Crippen MR) is 127 cm³/mol. The molecule has 0 aliphatic rings. The standard InChI is InChI=1S/C22H26N6O6S/c1-28-10-9-17(26-28)15-34-27-21(22(29)25-19-13-24-20(33-3)14-23-19)16-5-7-18(8-6-16)35(30,31)12-4-11-32-2/h5-10,13-14H,4,11-12,15H2,1-3H3,(H,23,25,29)/b27-21+. The molecule has 0 atom stereocenters. The number of carbonyl (C=O) groups is 1. The molecular formula is C22H26N6O6S. The number of rotatable bonds is 12. The summed E-state index contributed by atoms with van der Waals surface area (Å²) in [5.41, 5.74) is 0.886. The molecule has 13 heteroatoms. The zero-order valence-electron chi connectivity index (χ0n) is 19.5. The van der Waals surface area contributed by atoms with Gasteiger partial charge in [0.2, 0.25) is 5.88 Å². The fraction of sp³-hybridized carbons (Fsp3) is 0.318.